The van der Waals surface area contributed by atoms with Crippen LogP contribution in [0.4, 0.5) is 0 Å². The molecule has 6 nitrogen and oxygen atoms in total. The normalized spacial score (nSPS) is 12.5. The van der Waals surface area contributed by atoms with Gasteiger partial charge in [0.1, 0.15) is 12.2 Å². The van der Waals surface area contributed by atoms with Crippen LogP contribution in [0.15, 0.2) is 48.9 Å². The van der Waals surface area contributed by atoms with Gasteiger partial charge in [-0.05, 0) is 25.1 Å². The third-order valence-electron chi connectivity index (χ3n) is 3.39. The Morgan fingerprint density at radius 3 is 2.71 bits per heavy atom. The van der Waals surface area contributed by atoms with Crippen molar-refractivity contribution in [2.24, 2.45) is 7.05 Å². The molecule has 0 radical (unpaired) electrons. The third kappa shape index (κ3) is 3.00. The number of hydrogen-bond donors (Lipinski definition) is 1. The third-order valence-corrected chi connectivity index (χ3v) is 3.39. The van der Waals surface area contributed by atoms with E-state index in [9.17, 15) is 0 Å². The zero-order valence-corrected chi connectivity index (χ0v) is 12.1. The molecular weight excluding hydrogens is 264 g/mol. The van der Waals surface area contributed by atoms with Crippen LogP contribution in [0.5, 0.6) is 0 Å². The number of rotatable bonds is 5. The average Bonchev–Trinajstić information content (AvgIpc) is 3.15. The van der Waals surface area contributed by atoms with Crippen molar-refractivity contribution in [2.45, 2.75) is 19.5 Å². The molecule has 0 saturated heterocycles. The molecule has 0 fully saturated rings. The van der Waals surface area contributed by atoms with E-state index in [1.165, 1.54) is 0 Å². The molecule has 0 spiro atoms. The summed E-state index contributed by atoms with van der Waals surface area (Å²) in [5.41, 5.74) is 2.05. The van der Waals surface area contributed by atoms with Crippen LogP contribution in [0.3, 0.4) is 0 Å². The summed E-state index contributed by atoms with van der Waals surface area (Å²) in [4.78, 5) is 0. The number of hydrogen-bond acceptors (Lipinski definition) is 4. The monoisotopic (exact) mass is 282 g/mol. The van der Waals surface area contributed by atoms with Gasteiger partial charge in [-0.3, -0.25) is 0 Å². The minimum Gasteiger partial charge on any atom is -0.319 e. The second-order valence-electron chi connectivity index (χ2n) is 4.99. The van der Waals surface area contributed by atoms with E-state index in [1.807, 2.05) is 58.9 Å². The minimum atomic E-state index is 0.124. The Labute approximate surface area is 123 Å². The zero-order valence-electron chi connectivity index (χ0n) is 12.1. The zero-order chi connectivity index (χ0) is 14.7. The molecule has 2 aromatic heterocycles. The summed E-state index contributed by atoms with van der Waals surface area (Å²) in [7, 11) is 1.94. The highest BCUT2D eigenvalue weighted by molar-refractivity contribution is 5.30. The maximum Gasteiger partial charge on any atom is 0.149 e. The van der Waals surface area contributed by atoms with Gasteiger partial charge in [0.25, 0.3) is 0 Å². The van der Waals surface area contributed by atoms with Crippen LogP contribution < -0.4 is 5.32 Å². The van der Waals surface area contributed by atoms with Crippen molar-refractivity contribution in [1.29, 1.82) is 0 Å². The average molecular weight is 282 g/mol. The van der Waals surface area contributed by atoms with Gasteiger partial charge in [-0.2, -0.15) is 5.10 Å². The van der Waals surface area contributed by atoms with Gasteiger partial charge in [0, 0.05) is 19.8 Å². The lowest BCUT2D eigenvalue weighted by molar-refractivity contribution is 0.522. The number of para-hydroxylation sites is 1. The van der Waals surface area contributed by atoms with Crippen LogP contribution in [0.1, 0.15) is 24.5 Å². The van der Waals surface area contributed by atoms with Gasteiger partial charge in [0.05, 0.1) is 17.4 Å². The van der Waals surface area contributed by atoms with Crippen molar-refractivity contribution in [3.63, 3.8) is 0 Å². The lowest BCUT2D eigenvalue weighted by atomic mass is 10.3. The standard InChI is InChI=1S/C15H18N6/c1-12(15-18-17-11-20(15)2)16-10-13-8-9-21(19-13)14-6-4-3-5-7-14/h3-9,11-12,16H,10H2,1-2H3. The molecule has 1 unspecified atom stereocenters. The smallest absolute Gasteiger partial charge is 0.149 e. The second-order valence-corrected chi connectivity index (χ2v) is 4.99. The van der Waals surface area contributed by atoms with E-state index >= 15 is 0 Å². The number of nitrogens with one attached hydrogen (secondary N) is 1. The SMILES string of the molecule is CC(NCc1ccn(-c2ccccc2)n1)c1nncn1C. The van der Waals surface area contributed by atoms with Gasteiger partial charge >= 0.3 is 0 Å². The fourth-order valence-electron chi connectivity index (χ4n) is 2.21. The summed E-state index contributed by atoms with van der Waals surface area (Å²) in [5, 5.41) is 16.0. The summed E-state index contributed by atoms with van der Waals surface area (Å²) in [6.07, 6.45) is 3.68. The number of aromatic nitrogens is 5. The van der Waals surface area contributed by atoms with Crippen molar-refractivity contribution >= 4 is 0 Å². The fraction of sp³-hybridized carbons (Fsp3) is 0.267. The Morgan fingerprint density at radius 2 is 2.00 bits per heavy atom. The van der Waals surface area contributed by atoms with Crippen LogP contribution in [0.25, 0.3) is 5.69 Å². The first-order chi connectivity index (χ1) is 10.2. The second kappa shape index (κ2) is 5.88. The van der Waals surface area contributed by atoms with Crippen molar-refractivity contribution in [2.75, 3.05) is 0 Å². The molecule has 0 saturated carbocycles. The number of aryl methyl sites for hydroxylation is 1. The predicted molar refractivity (Wildman–Crippen MR) is 79.8 cm³/mol. The van der Waals surface area contributed by atoms with Gasteiger partial charge in [0.15, 0.2) is 0 Å². The molecule has 3 aromatic rings. The van der Waals surface area contributed by atoms with E-state index in [1.54, 1.807) is 6.33 Å². The van der Waals surface area contributed by atoms with Gasteiger partial charge in [-0.25, -0.2) is 4.68 Å². The van der Waals surface area contributed by atoms with Crippen LogP contribution in [0, 0.1) is 0 Å². The highest BCUT2D eigenvalue weighted by Crippen LogP contribution is 2.10. The maximum absolute atomic E-state index is 4.57. The minimum absolute atomic E-state index is 0.124. The molecule has 108 valence electrons. The van der Waals surface area contributed by atoms with E-state index in [0.29, 0.717) is 6.54 Å². The van der Waals surface area contributed by atoms with E-state index in [2.05, 4.69) is 27.5 Å². The Hall–Kier alpha value is -2.47. The largest absolute Gasteiger partial charge is 0.319 e. The summed E-state index contributed by atoms with van der Waals surface area (Å²) in [6, 6.07) is 12.2. The molecule has 0 bridgehead atoms. The molecule has 0 aliphatic rings. The molecule has 2 heterocycles. The Kier molecular flexibility index (Phi) is 3.79. The summed E-state index contributed by atoms with van der Waals surface area (Å²) >= 11 is 0. The molecule has 0 amide bonds. The van der Waals surface area contributed by atoms with Crippen LogP contribution in [0.2, 0.25) is 0 Å². The van der Waals surface area contributed by atoms with Gasteiger partial charge in [-0.15, -0.1) is 10.2 Å². The topological polar surface area (TPSA) is 60.6 Å². The first-order valence-corrected chi connectivity index (χ1v) is 6.91. The van der Waals surface area contributed by atoms with Gasteiger partial charge in [-0.1, -0.05) is 18.2 Å². The van der Waals surface area contributed by atoms with Crippen molar-refractivity contribution in [3.05, 3.63) is 60.4 Å². The van der Waals surface area contributed by atoms with Crippen molar-refractivity contribution in [3.8, 4) is 5.69 Å². The van der Waals surface area contributed by atoms with E-state index < -0.39 is 0 Å². The van der Waals surface area contributed by atoms with Crippen LogP contribution in [-0.4, -0.2) is 24.5 Å². The molecule has 0 aliphatic heterocycles. The Morgan fingerprint density at radius 1 is 1.19 bits per heavy atom. The van der Waals surface area contributed by atoms with Crippen molar-refractivity contribution in [1.82, 2.24) is 29.9 Å². The quantitative estimate of drug-likeness (QED) is 0.776. The van der Waals surface area contributed by atoms with Gasteiger partial charge < -0.3 is 9.88 Å². The molecule has 3 rings (SSSR count). The molecule has 21 heavy (non-hydrogen) atoms. The Balaban J connectivity index is 1.64. The molecule has 1 N–H and O–H groups in total. The predicted octanol–water partition coefficient (Wildman–Crippen LogP) is 1.85. The summed E-state index contributed by atoms with van der Waals surface area (Å²) in [6.45, 7) is 2.76. The first kappa shape index (κ1) is 13.5. The van der Waals surface area contributed by atoms with Crippen LogP contribution >= 0.6 is 0 Å². The van der Waals surface area contributed by atoms with E-state index in [0.717, 1.165) is 17.2 Å². The van der Waals surface area contributed by atoms with E-state index in [4.69, 9.17) is 0 Å². The summed E-state index contributed by atoms with van der Waals surface area (Å²) in [5.74, 6) is 0.914. The number of nitrogens with zero attached hydrogens (tertiary/aromatic N) is 5. The van der Waals surface area contributed by atoms with E-state index in [-0.39, 0.29) is 6.04 Å². The fourth-order valence-corrected chi connectivity index (χ4v) is 2.21. The summed E-state index contributed by atoms with van der Waals surface area (Å²) < 4.78 is 3.80. The molecule has 0 aliphatic carbocycles. The first-order valence-electron chi connectivity index (χ1n) is 6.91. The van der Waals surface area contributed by atoms with Crippen LogP contribution in [-0.2, 0) is 13.6 Å². The lowest BCUT2D eigenvalue weighted by Gasteiger charge is -2.11. The highest BCUT2D eigenvalue weighted by atomic mass is 15.3. The highest BCUT2D eigenvalue weighted by Gasteiger charge is 2.11. The molecule has 1 aromatic carbocycles. The van der Waals surface area contributed by atoms with Gasteiger partial charge in [0.2, 0.25) is 0 Å². The van der Waals surface area contributed by atoms with Crippen molar-refractivity contribution < 1.29 is 0 Å². The Bertz CT molecular complexity index is 700. The molecular formula is C15H18N6. The molecule has 1 atom stereocenters. The molecule has 6 heteroatoms. The number of benzene rings is 1. The lowest BCUT2D eigenvalue weighted by Crippen LogP contribution is -2.21. The maximum atomic E-state index is 4.57.